The van der Waals surface area contributed by atoms with Crippen LogP contribution in [0.5, 0.6) is 0 Å². The van der Waals surface area contributed by atoms with Crippen LogP contribution in [-0.4, -0.2) is 35.5 Å². The molecule has 18 heavy (non-hydrogen) atoms. The van der Waals surface area contributed by atoms with Gasteiger partial charge >= 0.3 is 0 Å². The summed E-state index contributed by atoms with van der Waals surface area (Å²) in [6.45, 7) is 9.42. The average molecular weight is 309 g/mol. The van der Waals surface area contributed by atoms with Crippen LogP contribution in [0.4, 0.5) is 0 Å². The molecule has 3 nitrogen and oxygen atoms in total. The summed E-state index contributed by atoms with van der Waals surface area (Å²) in [5.41, 5.74) is 1.52. The molecule has 0 saturated carbocycles. The second kappa shape index (κ2) is 7.84. The molecule has 0 aliphatic heterocycles. The maximum absolute atomic E-state index is 9.15. The lowest BCUT2D eigenvalue weighted by Gasteiger charge is -2.19. The molecule has 1 N–H and O–H groups in total. The van der Waals surface area contributed by atoms with Crippen molar-refractivity contribution in [2.75, 3.05) is 19.6 Å². The molecule has 0 heterocycles. The molecule has 1 aromatic carbocycles. The van der Waals surface area contributed by atoms with Crippen LogP contribution in [0.15, 0.2) is 59.2 Å². The van der Waals surface area contributed by atoms with E-state index in [2.05, 4.69) is 39.1 Å². The summed E-state index contributed by atoms with van der Waals surface area (Å²) in [6.07, 6.45) is 3.64. The van der Waals surface area contributed by atoms with Crippen molar-refractivity contribution < 1.29 is 5.21 Å². The van der Waals surface area contributed by atoms with Gasteiger partial charge in [0, 0.05) is 29.7 Å². The van der Waals surface area contributed by atoms with E-state index in [1.54, 1.807) is 0 Å². The van der Waals surface area contributed by atoms with Crippen LogP contribution in [0.3, 0.4) is 0 Å². The first kappa shape index (κ1) is 14.7. The highest BCUT2D eigenvalue weighted by atomic mass is 79.9. The van der Waals surface area contributed by atoms with Gasteiger partial charge in [-0.3, -0.25) is 4.90 Å². The summed E-state index contributed by atoms with van der Waals surface area (Å²) in [5.74, 6) is 0. The van der Waals surface area contributed by atoms with Crippen LogP contribution in [0, 0.1) is 0 Å². The van der Waals surface area contributed by atoms with Crippen molar-refractivity contribution in [1.29, 1.82) is 0 Å². The molecule has 0 unspecified atom stereocenters. The second-order valence-electron chi connectivity index (χ2n) is 3.83. The SMILES string of the molecule is C=CCN(CC=C)C/C(=N\O)c1cccc(Br)c1. The summed E-state index contributed by atoms with van der Waals surface area (Å²) in [7, 11) is 0. The smallest absolute Gasteiger partial charge is 0.101 e. The van der Waals surface area contributed by atoms with Gasteiger partial charge in [-0.1, -0.05) is 45.4 Å². The van der Waals surface area contributed by atoms with E-state index in [0.29, 0.717) is 12.3 Å². The lowest BCUT2D eigenvalue weighted by molar-refractivity contribution is 0.311. The Balaban J connectivity index is 2.83. The van der Waals surface area contributed by atoms with Gasteiger partial charge in [-0.25, -0.2) is 0 Å². The summed E-state index contributed by atoms with van der Waals surface area (Å²) < 4.78 is 0.958. The monoisotopic (exact) mass is 308 g/mol. The average Bonchev–Trinajstić information content (AvgIpc) is 2.36. The third kappa shape index (κ3) is 4.47. The highest BCUT2D eigenvalue weighted by molar-refractivity contribution is 9.10. The highest BCUT2D eigenvalue weighted by Crippen LogP contribution is 2.13. The van der Waals surface area contributed by atoms with Crippen LogP contribution in [0.2, 0.25) is 0 Å². The largest absolute Gasteiger partial charge is 0.411 e. The first-order chi connectivity index (χ1) is 8.71. The van der Waals surface area contributed by atoms with E-state index in [9.17, 15) is 0 Å². The van der Waals surface area contributed by atoms with Gasteiger partial charge < -0.3 is 5.21 Å². The molecular weight excluding hydrogens is 292 g/mol. The predicted octanol–water partition coefficient (Wildman–Crippen LogP) is 3.30. The molecular formula is C14H17BrN2O. The topological polar surface area (TPSA) is 35.8 Å². The zero-order valence-electron chi connectivity index (χ0n) is 10.2. The van der Waals surface area contributed by atoms with E-state index >= 15 is 0 Å². The van der Waals surface area contributed by atoms with Crippen molar-refractivity contribution in [2.24, 2.45) is 5.16 Å². The fraction of sp³-hybridized carbons (Fsp3) is 0.214. The molecule has 0 amide bonds. The van der Waals surface area contributed by atoms with Crippen LogP contribution in [0.1, 0.15) is 5.56 Å². The molecule has 0 bridgehead atoms. The van der Waals surface area contributed by atoms with Gasteiger partial charge in [-0.05, 0) is 12.1 Å². The van der Waals surface area contributed by atoms with Crippen LogP contribution in [-0.2, 0) is 0 Å². The number of halogens is 1. The van der Waals surface area contributed by atoms with E-state index in [1.165, 1.54) is 0 Å². The second-order valence-corrected chi connectivity index (χ2v) is 4.74. The normalized spacial score (nSPS) is 11.6. The third-order valence-corrected chi connectivity index (χ3v) is 2.92. The van der Waals surface area contributed by atoms with Crippen LogP contribution in [0.25, 0.3) is 0 Å². The number of rotatable bonds is 7. The standard InChI is InChI=1S/C14H17BrN2O/c1-3-8-17(9-4-2)11-14(16-18)12-6-5-7-13(15)10-12/h3-7,10,18H,1-2,8-9,11H2/b16-14+. The van der Waals surface area contributed by atoms with Gasteiger partial charge in [-0.15, -0.1) is 13.2 Å². The summed E-state index contributed by atoms with van der Waals surface area (Å²) in [6, 6.07) is 7.69. The summed E-state index contributed by atoms with van der Waals surface area (Å²) >= 11 is 3.40. The summed E-state index contributed by atoms with van der Waals surface area (Å²) in [4.78, 5) is 2.08. The zero-order chi connectivity index (χ0) is 13.4. The first-order valence-electron chi connectivity index (χ1n) is 5.62. The molecule has 1 aromatic rings. The molecule has 0 aliphatic carbocycles. The highest BCUT2D eigenvalue weighted by Gasteiger charge is 2.09. The minimum atomic E-state index is 0.547. The quantitative estimate of drug-likeness (QED) is 0.363. The minimum Gasteiger partial charge on any atom is -0.411 e. The predicted molar refractivity (Wildman–Crippen MR) is 79.3 cm³/mol. The van der Waals surface area contributed by atoms with Gasteiger partial charge in [0.05, 0.1) is 0 Å². The number of hydrogen-bond donors (Lipinski definition) is 1. The van der Waals surface area contributed by atoms with Crippen molar-refractivity contribution in [3.63, 3.8) is 0 Å². The van der Waals surface area contributed by atoms with Crippen molar-refractivity contribution in [3.05, 3.63) is 59.6 Å². The Hall–Kier alpha value is -1.39. The molecule has 0 saturated heterocycles. The zero-order valence-corrected chi connectivity index (χ0v) is 11.8. The Labute approximate surface area is 116 Å². The van der Waals surface area contributed by atoms with E-state index in [1.807, 2.05) is 36.4 Å². The molecule has 0 radical (unpaired) electrons. The van der Waals surface area contributed by atoms with Gasteiger partial charge in [0.15, 0.2) is 0 Å². The van der Waals surface area contributed by atoms with Gasteiger partial charge in [0.25, 0.3) is 0 Å². The molecule has 1 rings (SSSR count). The molecule has 96 valence electrons. The maximum atomic E-state index is 9.15. The molecule has 0 atom stereocenters. The van der Waals surface area contributed by atoms with Crippen molar-refractivity contribution in [1.82, 2.24) is 4.90 Å². The molecule has 4 heteroatoms. The fourth-order valence-corrected chi connectivity index (χ4v) is 2.03. The van der Waals surface area contributed by atoms with Crippen molar-refractivity contribution in [2.45, 2.75) is 0 Å². The number of nitrogens with zero attached hydrogens (tertiary/aromatic N) is 2. The Morgan fingerprint density at radius 3 is 2.50 bits per heavy atom. The van der Waals surface area contributed by atoms with Crippen molar-refractivity contribution >= 4 is 21.6 Å². The van der Waals surface area contributed by atoms with E-state index in [-0.39, 0.29) is 0 Å². The first-order valence-corrected chi connectivity index (χ1v) is 6.41. The molecule has 0 spiro atoms. The lowest BCUT2D eigenvalue weighted by Crippen LogP contribution is -2.30. The number of hydrogen-bond acceptors (Lipinski definition) is 3. The van der Waals surface area contributed by atoms with E-state index in [0.717, 1.165) is 23.1 Å². The van der Waals surface area contributed by atoms with E-state index in [4.69, 9.17) is 5.21 Å². The Morgan fingerprint density at radius 2 is 2.00 bits per heavy atom. The number of oxime groups is 1. The van der Waals surface area contributed by atoms with Crippen LogP contribution < -0.4 is 0 Å². The van der Waals surface area contributed by atoms with Gasteiger partial charge in [-0.2, -0.15) is 0 Å². The van der Waals surface area contributed by atoms with Crippen molar-refractivity contribution in [3.8, 4) is 0 Å². The Bertz CT molecular complexity index is 433. The Morgan fingerprint density at radius 1 is 1.33 bits per heavy atom. The lowest BCUT2D eigenvalue weighted by atomic mass is 10.1. The Kier molecular flexibility index (Phi) is 6.39. The fourth-order valence-electron chi connectivity index (χ4n) is 1.63. The van der Waals surface area contributed by atoms with Gasteiger partial charge in [0.2, 0.25) is 0 Å². The third-order valence-electron chi connectivity index (χ3n) is 2.43. The molecule has 0 aromatic heterocycles. The van der Waals surface area contributed by atoms with E-state index < -0.39 is 0 Å². The summed E-state index contributed by atoms with van der Waals surface area (Å²) in [5, 5.41) is 12.5. The molecule has 0 fully saturated rings. The van der Waals surface area contributed by atoms with Crippen LogP contribution >= 0.6 is 15.9 Å². The minimum absolute atomic E-state index is 0.547. The maximum Gasteiger partial charge on any atom is 0.101 e. The van der Waals surface area contributed by atoms with Gasteiger partial charge in [0.1, 0.15) is 5.71 Å². The molecule has 0 aliphatic rings. The number of benzene rings is 1.